The molecule has 2 saturated heterocycles. The van der Waals surface area contributed by atoms with E-state index < -0.39 is 0 Å². The van der Waals surface area contributed by atoms with Gasteiger partial charge in [-0.2, -0.15) is 0 Å². The van der Waals surface area contributed by atoms with Crippen molar-refractivity contribution in [2.24, 2.45) is 0 Å². The number of aromatic nitrogens is 2. The minimum Gasteiger partial charge on any atom is -0.373 e. The van der Waals surface area contributed by atoms with Gasteiger partial charge in [0.2, 0.25) is 0 Å². The van der Waals surface area contributed by atoms with E-state index in [1.807, 2.05) is 6.92 Å². The third-order valence-corrected chi connectivity index (χ3v) is 3.90. The molecular weight excluding hydrogens is 214 g/mol. The predicted octanol–water partition coefficient (Wildman–Crippen LogP) is 1.76. The zero-order valence-electron chi connectivity index (χ0n) is 10.4. The Morgan fingerprint density at radius 3 is 2.82 bits per heavy atom. The monoisotopic (exact) mass is 233 g/mol. The van der Waals surface area contributed by atoms with Crippen LogP contribution in [0.25, 0.3) is 0 Å². The molecule has 3 rings (SSSR count). The van der Waals surface area contributed by atoms with E-state index in [1.54, 1.807) is 12.4 Å². The van der Waals surface area contributed by atoms with E-state index >= 15 is 0 Å². The molecule has 2 aliphatic heterocycles. The Balaban J connectivity index is 1.68. The third kappa shape index (κ3) is 2.07. The number of aryl methyl sites for hydroxylation is 1. The topological polar surface area (TPSA) is 47.0 Å². The molecular formula is C13H19N3O. The van der Waals surface area contributed by atoms with Crippen molar-refractivity contribution in [2.75, 3.05) is 0 Å². The van der Waals surface area contributed by atoms with Gasteiger partial charge in [-0.05, 0) is 33.1 Å². The van der Waals surface area contributed by atoms with Crippen LogP contribution in [0, 0.1) is 6.92 Å². The summed E-state index contributed by atoms with van der Waals surface area (Å²) in [5.74, 6) is 0. The molecule has 4 heteroatoms. The highest BCUT2D eigenvalue weighted by Gasteiger charge is 2.41. The molecule has 0 amide bonds. The summed E-state index contributed by atoms with van der Waals surface area (Å²) < 4.78 is 5.85. The minimum absolute atomic E-state index is 0.247. The predicted molar refractivity (Wildman–Crippen MR) is 64.6 cm³/mol. The lowest BCUT2D eigenvalue weighted by Gasteiger charge is -2.24. The Bertz CT molecular complexity index is 409. The number of rotatable bonds is 3. The molecule has 0 aromatic carbocycles. The average molecular weight is 233 g/mol. The molecule has 0 saturated carbocycles. The van der Waals surface area contributed by atoms with Crippen molar-refractivity contribution in [1.29, 1.82) is 0 Å². The highest BCUT2D eigenvalue weighted by atomic mass is 16.5. The summed E-state index contributed by atoms with van der Waals surface area (Å²) in [4.78, 5) is 8.71. The van der Waals surface area contributed by atoms with Gasteiger partial charge < -0.3 is 10.1 Å². The lowest BCUT2D eigenvalue weighted by atomic mass is 9.94. The second kappa shape index (κ2) is 4.35. The van der Waals surface area contributed by atoms with Gasteiger partial charge in [0, 0.05) is 24.5 Å². The van der Waals surface area contributed by atoms with E-state index in [2.05, 4.69) is 22.2 Å². The first-order chi connectivity index (χ1) is 8.24. The van der Waals surface area contributed by atoms with Crippen molar-refractivity contribution < 1.29 is 4.74 Å². The first-order valence-corrected chi connectivity index (χ1v) is 6.43. The van der Waals surface area contributed by atoms with Crippen LogP contribution < -0.4 is 5.32 Å². The normalized spacial score (nSPS) is 32.9. The Labute approximate surface area is 102 Å². The van der Waals surface area contributed by atoms with Gasteiger partial charge in [0.15, 0.2) is 0 Å². The number of fused-ring (bicyclic) bond motifs is 2. The highest BCUT2D eigenvalue weighted by Crippen LogP contribution is 2.35. The van der Waals surface area contributed by atoms with Gasteiger partial charge in [-0.3, -0.25) is 9.97 Å². The number of hydrogen-bond donors (Lipinski definition) is 1. The molecule has 1 aromatic rings. The Hall–Kier alpha value is -1.00. The summed E-state index contributed by atoms with van der Waals surface area (Å²) in [5, 5.41) is 3.64. The summed E-state index contributed by atoms with van der Waals surface area (Å²) in [6.45, 7) is 4.17. The molecule has 92 valence electrons. The van der Waals surface area contributed by atoms with Crippen molar-refractivity contribution in [3.8, 4) is 0 Å². The van der Waals surface area contributed by atoms with Crippen molar-refractivity contribution in [3.63, 3.8) is 0 Å². The minimum atomic E-state index is 0.247. The molecule has 3 heterocycles. The maximum Gasteiger partial charge on any atom is 0.0782 e. The van der Waals surface area contributed by atoms with Crippen molar-refractivity contribution in [1.82, 2.24) is 15.3 Å². The van der Waals surface area contributed by atoms with E-state index in [0.29, 0.717) is 18.2 Å². The largest absolute Gasteiger partial charge is 0.373 e. The van der Waals surface area contributed by atoms with Gasteiger partial charge in [-0.1, -0.05) is 0 Å². The molecule has 0 radical (unpaired) electrons. The molecule has 2 aliphatic rings. The Morgan fingerprint density at radius 1 is 1.35 bits per heavy atom. The molecule has 4 unspecified atom stereocenters. The summed E-state index contributed by atoms with van der Waals surface area (Å²) >= 11 is 0. The lowest BCUT2D eigenvalue weighted by Crippen LogP contribution is -2.39. The van der Waals surface area contributed by atoms with Crippen molar-refractivity contribution in [2.45, 2.75) is 57.4 Å². The molecule has 1 aromatic heterocycles. The third-order valence-electron chi connectivity index (χ3n) is 3.90. The number of hydrogen-bond acceptors (Lipinski definition) is 4. The first kappa shape index (κ1) is 11.1. The molecule has 2 fully saturated rings. The molecule has 0 aliphatic carbocycles. The van der Waals surface area contributed by atoms with Gasteiger partial charge in [0.1, 0.15) is 0 Å². The van der Waals surface area contributed by atoms with Gasteiger partial charge in [-0.15, -0.1) is 0 Å². The molecule has 1 N–H and O–H groups in total. The molecule has 0 spiro atoms. The van der Waals surface area contributed by atoms with E-state index in [-0.39, 0.29) is 6.04 Å². The molecule has 17 heavy (non-hydrogen) atoms. The Morgan fingerprint density at radius 2 is 2.18 bits per heavy atom. The summed E-state index contributed by atoms with van der Waals surface area (Å²) in [6, 6.07) is 0.738. The summed E-state index contributed by atoms with van der Waals surface area (Å²) in [5.41, 5.74) is 2.06. The SMILES string of the molecule is Cc1nccnc1C(C)NC1CC2CCC1O2. The molecule has 4 atom stereocenters. The highest BCUT2D eigenvalue weighted by molar-refractivity contribution is 5.13. The van der Waals surface area contributed by atoms with E-state index in [4.69, 9.17) is 4.74 Å². The zero-order chi connectivity index (χ0) is 11.8. The van der Waals surface area contributed by atoms with Crippen LogP contribution in [0.1, 0.15) is 43.6 Å². The lowest BCUT2D eigenvalue weighted by molar-refractivity contribution is 0.0962. The molecule has 2 bridgehead atoms. The molecule has 4 nitrogen and oxygen atoms in total. The van der Waals surface area contributed by atoms with Crippen LogP contribution in [0.4, 0.5) is 0 Å². The van der Waals surface area contributed by atoms with Gasteiger partial charge >= 0.3 is 0 Å². The van der Waals surface area contributed by atoms with Crippen LogP contribution in [-0.4, -0.2) is 28.2 Å². The Kier molecular flexibility index (Phi) is 2.84. The summed E-state index contributed by atoms with van der Waals surface area (Å²) in [6.07, 6.45) is 8.00. The zero-order valence-corrected chi connectivity index (χ0v) is 10.4. The second-order valence-electron chi connectivity index (χ2n) is 5.13. The fourth-order valence-corrected chi connectivity index (χ4v) is 3.06. The maximum absolute atomic E-state index is 5.85. The van der Waals surface area contributed by atoms with Gasteiger partial charge in [0.05, 0.1) is 23.6 Å². The van der Waals surface area contributed by atoms with E-state index in [0.717, 1.165) is 17.8 Å². The maximum atomic E-state index is 5.85. The van der Waals surface area contributed by atoms with Crippen LogP contribution in [0.2, 0.25) is 0 Å². The second-order valence-corrected chi connectivity index (χ2v) is 5.13. The van der Waals surface area contributed by atoms with Crippen LogP contribution in [0.5, 0.6) is 0 Å². The first-order valence-electron chi connectivity index (χ1n) is 6.43. The quantitative estimate of drug-likeness (QED) is 0.864. The number of nitrogens with zero attached hydrogens (tertiary/aromatic N) is 2. The number of nitrogens with one attached hydrogen (secondary N) is 1. The fourth-order valence-electron chi connectivity index (χ4n) is 3.06. The van der Waals surface area contributed by atoms with Gasteiger partial charge in [0.25, 0.3) is 0 Å². The number of ether oxygens (including phenoxy) is 1. The van der Waals surface area contributed by atoms with Crippen LogP contribution >= 0.6 is 0 Å². The van der Waals surface area contributed by atoms with Crippen molar-refractivity contribution >= 4 is 0 Å². The van der Waals surface area contributed by atoms with Crippen LogP contribution in [0.3, 0.4) is 0 Å². The van der Waals surface area contributed by atoms with E-state index in [1.165, 1.54) is 12.8 Å². The van der Waals surface area contributed by atoms with Gasteiger partial charge in [-0.25, -0.2) is 0 Å². The fraction of sp³-hybridized carbons (Fsp3) is 0.692. The standard InChI is InChI=1S/C13H19N3O/c1-8-13(15-6-5-14-8)9(2)16-11-7-10-3-4-12(11)17-10/h5-6,9-12,16H,3-4,7H2,1-2H3. The van der Waals surface area contributed by atoms with Crippen LogP contribution in [0.15, 0.2) is 12.4 Å². The average Bonchev–Trinajstić information content (AvgIpc) is 2.91. The van der Waals surface area contributed by atoms with E-state index in [9.17, 15) is 0 Å². The van der Waals surface area contributed by atoms with Crippen LogP contribution in [-0.2, 0) is 4.74 Å². The summed E-state index contributed by atoms with van der Waals surface area (Å²) in [7, 11) is 0. The smallest absolute Gasteiger partial charge is 0.0782 e. The van der Waals surface area contributed by atoms with Crippen molar-refractivity contribution in [3.05, 3.63) is 23.8 Å².